The average Bonchev–Trinajstić information content (AvgIpc) is 2.80. The fourth-order valence-electron chi connectivity index (χ4n) is 5.53. The maximum atomic E-state index is 13.1. The molecule has 0 amide bonds. The summed E-state index contributed by atoms with van der Waals surface area (Å²) >= 11 is 0. The SMILES string of the molecule is COC1=CC(=O)[C@H]2[C@@H](C1=O)[C@@]1(c3ccc(OC)cc3)CCCCC[C@@H]21. The summed E-state index contributed by atoms with van der Waals surface area (Å²) in [6, 6.07) is 8.08. The standard InChI is InChI=1S/C21H24O4/c1-24-14-9-7-13(8-10-14)21-11-5-3-4-6-15(21)18-16(22)12-17(25-2)20(23)19(18)21/h7-10,12,15,18-19H,3-6,11H2,1-2H3/t15-,18-,19-,21+/m0/s1. The lowest BCUT2D eigenvalue weighted by Gasteiger charge is -2.61. The third-order valence-corrected chi connectivity index (χ3v) is 6.59. The van der Waals surface area contributed by atoms with Crippen LogP contribution in [0.3, 0.4) is 0 Å². The Morgan fingerprint density at radius 2 is 1.76 bits per heavy atom. The number of carbonyl (C=O) groups excluding carboxylic acids is 2. The van der Waals surface area contributed by atoms with Gasteiger partial charge in [-0.25, -0.2) is 0 Å². The summed E-state index contributed by atoms with van der Waals surface area (Å²) in [5, 5.41) is 0. The average molecular weight is 340 g/mol. The molecular formula is C21H24O4. The zero-order valence-corrected chi connectivity index (χ0v) is 14.8. The van der Waals surface area contributed by atoms with Crippen molar-refractivity contribution in [2.75, 3.05) is 14.2 Å². The van der Waals surface area contributed by atoms with Gasteiger partial charge in [-0.05, 0) is 36.5 Å². The van der Waals surface area contributed by atoms with E-state index >= 15 is 0 Å². The Morgan fingerprint density at radius 1 is 1.00 bits per heavy atom. The molecule has 0 bridgehead atoms. The number of ether oxygens (including phenoxy) is 2. The van der Waals surface area contributed by atoms with Crippen molar-refractivity contribution in [1.82, 2.24) is 0 Å². The van der Waals surface area contributed by atoms with Crippen LogP contribution in [-0.4, -0.2) is 25.8 Å². The molecule has 4 rings (SSSR count). The first-order valence-electron chi connectivity index (χ1n) is 9.11. The maximum absolute atomic E-state index is 13.1. The van der Waals surface area contributed by atoms with Crippen LogP contribution in [0, 0.1) is 17.8 Å². The van der Waals surface area contributed by atoms with Crippen molar-refractivity contribution < 1.29 is 19.1 Å². The molecule has 4 heteroatoms. The molecule has 25 heavy (non-hydrogen) atoms. The molecule has 3 aliphatic carbocycles. The van der Waals surface area contributed by atoms with Gasteiger partial charge in [0, 0.05) is 23.3 Å². The van der Waals surface area contributed by atoms with E-state index in [0.717, 1.165) is 31.4 Å². The minimum Gasteiger partial charge on any atom is -0.497 e. The lowest BCUT2D eigenvalue weighted by atomic mass is 9.40. The highest BCUT2D eigenvalue weighted by atomic mass is 16.5. The number of rotatable bonds is 3. The molecule has 4 atom stereocenters. The molecule has 2 fully saturated rings. The lowest BCUT2D eigenvalue weighted by Crippen LogP contribution is -2.66. The van der Waals surface area contributed by atoms with Crippen LogP contribution in [0.1, 0.15) is 37.7 Å². The predicted molar refractivity (Wildman–Crippen MR) is 93.3 cm³/mol. The molecule has 0 radical (unpaired) electrons. The highest BCUT2D eigenvalue weighted by molar-refractivity contribution is 6.12. The summed E-state index contributed by atoms with van der Waals surface area (Å²) in [5.41, 5.74) is 0.929. The summed E-state index contributed by atoms with van der Waals surface area (Å²) in [5.74, 6) is 0.896. The van der Waals surface area contributed by atoms with Gasteiger partial charge in [0.25, 0.3) is 0 Å². The monoisotopic (exact) mass is 340 g/mol. The number of allylic oxidation sites excluding steroid dienone is 2. The Hall–Kier alpha value is -2.10. The number of Topliss-reactive ketones (excluding diaryl/α,β-unsaturated/α-hetero) is 1. The molecule has 0 saturated heterocycles. The Bertz CT molecular complexity index is 733. The van der Waals surface area contributed by atoms with Crippen LogP contribution < -0.4 is 4.74 Å². The second-order valence-electron chi connectivity index (χ2n) is 7.46. The molecule has 2 saturated carbocycles. The predicted octanol–water partition coefficient (Wildman–Crippen LogP) is 3.44. The number of methoxy groups -OCH3 is 2. The lowest BCUT2D eigenvalue weighted by molar-refractivity contribution is -0.156. The molecule has 132 valence electrons. The molecule has 1 aromatic rings. The molecule has 0 unspecified atom stereocenters. The van der Waals surface area contributed by atoms with Crippen LogP contribution >= 0.6 is 0 Å². The van der Waals surface area contributed by atoms with Crippen molar-refractivity contribution in [2.45, 2.75) is 37.5 Å². The van der Waals surface area contributed by atoms with Crippen LogP contribution in [0.2, 0.25) is 0 Å². The van der Waals surface area contributed by atoms with Crippen molar-refractivity contribution in [2.24, 2.45) is 17.8 Å². The number of carbonyl (C=O) groups is 2. The zero-order chi connectivity index (χ0) is 17.6. The minimum atomic E-state index is -0.281. The van der Waals surface area contributed by atoms with E-state index in [2.05, 4.69) is 12.1 Å². The van der Waals surface area contributed by atoms with Gasteiger partial charge in [-0.3, -0.25) is 9.59 Å². The summed E-state index contributed by atoms with van der Waals surface area (Å²) < 4.78 is 10.5. The molecule has 0 heterocycles. The van der Waals surface area contributed by atoms with Gasteiger partial charge in [0.05, 0.1) is 14.2 Å². The van der Waals surface area contributed by atoms with Crippen molar-refractivity contribution in [3.8, 4) is 5.75 Å². The summed E-state index contributed by atoms with van der Waals surface area (Å²) in [7, 11) is 3.13. The molecule has 4 nitrogen and oxygen atoms in total. The molecular weight excluding hydrogens is 316 g/mol. The number of benzene rings is 1. The molecule has 0 spiro atoms. The van der Waals surface area contributed by atoms with E-state index in [1.54, 1.807) is 7.11 Å². The molecule has 0 N–H and O–H groups in total. The molecule has 0 aromatic heterocycles. The van der Waals surface area contributed by atoms with Gasteiger partial charge in [0.1, 0.15) is 5.75 Å². The Morgan fingerprint density at radius 3 is 2.44 bits per heavy atom. The number of hydrogen-bond acceptors (Lipinski definition) is 4. The molecule has 0 aliphatic heterocycles. The molecule has 3 aliphatic rings. The van der Waals surface area contributed by atoms with Crippen molar-refractivity contribution in [3.05, 3.63) is 41.7 Å². The minimum absolute atomic E-state index is 0.000989. The van der Waals surface area contributed by atoms with Crippen molar-refractivity contribution in [3.63, 3.8) is 0 Å². The third kappa shape index (κ3) is 2.19. The van der Waals surface area contributed by atoms with Gasteiger partial charge in [0.15, 0.2) is 11.5 Å². The quantitative estimate of drug-likeness (QED) is 0.846. The fourth-order valence-corrected chi connectivity index (χ4v) is 5.53. The normalized spacial score (nSPS) is 34.2. The third-order valence-electron chi connectivity index (χ3n) is 6.59. The second kappa shape index (κ2) is 6.01. The van der Waals surface area contributed by atoms with Gasteiger partial charge >= 0.3 is 0 Å². The van der Waals surface area contributed by atoms with E-state index < -0.39 is 0 Å². The number of fused-ring (bicyclic) bond motifs is 4. The van der Waals surface area contributed by atoms with Crippen LogP contribution in [0.25, 0.3) is 0 Å². The maximum Gasteiger partial charge on any atom is 0.202 e. The summed E-state index contributed by atoms with van der Waals surface area (Å²) in [6.07, 6.45) is 6.80. The van der Waals surface area contributed by atoms with Crippen LogP contribution in [0.15, 0.2) is 36.1 Å². The van der Waals surface area contributed by atoms with Crippen LogP contribution in [0.5, 0.6) is 5.75 Å². The van der Waals surface area contributed by atoms with Crippen LogP contribution in [0.4, 0.5) is 0 Å². The van der Waals surface area contributed by atoms with Gasteiger partial charge in [-0.2, -0.15) is 0 Å². The van der Waals surface area contributed by atoms with Gasteiger partial charge in [-0.1, -0.05) is 31.4 Å². The Kier molecular flexibility index (Phi) is 3.94. The first-order chi connectivity index (χ1) is 12.1. The first kappa shape index (κ1) is 16.4. The number of hydrogen-bond donors (Lipinski definition) is 0. The van der Waals surface area contributed by atoms with E-state index in [-0.39, 0.29) is 40.5 Å². The van der Waals surface area contributed by atoms with E-state index in [9.17, 15) is 9.59 Å². The summed E-state index contributed by atoms with van der Waals surface area (Å²) in [6.45, 7) is 0. The van der Waals surface area contributed by atoms with Crippen molar-refractivity contribution in [1.29, 1.82) is 0 Å². The Labute approximate surface area is 148 Å². The number of ketones is 2. The first-order valence-corrected chi connectivity index (χ1v) is 9.11. The zero-order valence-electron chi connectivity index (χ0n) is 14.8. The highest BCUT2D eigenvalue weighted by Gasteiger charge is 2.68. The van der Waals surface area contributed by atoms with Gasteiger partial charge in [-0.15, -0.1) is 0 Å². The van der Waals surface area contributed by atoms with E-state index in [1.807, 2.05) is 12.1 Å². The fraction of sp³-hybridized carbons (Fsp3) is 0.524. The van der Waals surface area contributed by atoms with Crippen molar-refractivity contribution >= 4 is 11.6 Å². The molecule has 1 aromatic carbocycles. The van der Waals surface area contributed by atoms with Gasteiger partial charge < -0.3 is 9.47 Å². The van der Waals surface area contributed by atoms with Gasteiger partial charge in [0.2, 0.25) is 5.78 Å². The topological polar surface area (TPSA) is 52.6 Å². The van der Waals surface area contributed by atoms with E-state index in [1.165, 1.54) is 25.2 Å². The van der Waals surface area contributed by atoms with Crippen LogP contribution in [-0.2, 0) is 19.7 Å². The van der Waals surface area contributed by atoms with E-state index in [0.29, 0.717) is 0 Å². The highest BCUT2D eigenvalue weighted by Crippen LogP contribution is 2.64. The second-order valence-corrected chi connectivity index (χ2v) is 7.46. The smallest absolute Gasteiger partial charge is 0.202 e. The summed E-state index contributed by atoms with van der Waals surface area (Å²) in [4.78, 5) is 25.7. The van der Waals surface area contributed by atoms with E-state index in [4.69, 9.17) is 9.47 Å². The largest absolute Gasteiger partial charge is 0.497 e. The Balaban J connectivity index is 1.82.